The Bertz CT molecular complexity index is 780. The van der Waals surface area contributed by atoms with Gasteiger partial charge >= 0.3 is 5.97 Å². The zero-order valence-electron chi connectivity index (χ0n) is 14.5. The van der Waals surface area contributed by atoms with E-state index in [0.29, 0.717) is 0 Å². The first kappa shape index (κ1) is 17.2. The highest BCUT2D eigenvalue weighted by Gasteiger charge is 2.19. The molecule has 1 fully saturated rings. The van der Waals surface area contributed by atoms with E-state index < -0.39 is 5.97 Å². The molecule has 1 saturated heterocycles. The minimum Gasteiger partial charge on any atom is -0.465 e. The lowest BCUT2D eigenvalue weighted by Gasteiger charge is -2.30. The van der Waals surface area contributed by atoms with Crippen molar-refractivity contribution in [2.75, 3.05) is 24.6 Å². The Morgan fingerprint density at radius 3 is 2.56 bits per heavy atom. The number of hydrogen-bond donors (Lipinski definition) is 0. The zero-order valence-corrected chi connectivity index (χ0v) is 14.5. The van der Waals surface area contributed by atoms with Gasteiger partial charge < -0.3 is 9.64 Å². The molecule has 0 N–H and O–H groups in total. The van der Waals surface area contributed by atoms with Crippen molar-refractivity contribution in [3.05, 3.63) is 46.8 Å². The number of aromatic nitrogens is 2. The monoisotopic (exact) mass is 341 g/mol. The average Bonchev–Trinajstić information content (AvgIpc) is 2.65. The minimum atomic E-state index is -0.457. The van der Waals surface area contributed by atoms with Crippen molar-refractivity contribution in [1.82, 2.24) is 9.78 Å². The SMILES string of the molecule is CCOC(=O)Cn1nc(-c2ccccc2)c(N2CCCCC2)cc1=O. The first-order chi connectivity index (χ1) is 12.2. The third-order valence-corrected chi connectivity index (χ3v) is 4.31. The van der Waals surface area contributed by atoms with Crippen molar-refractivity contribution in [3.63, 3.8) is 0 Å². The Kier molecular flexibility index (Phi) is 5.48. The highest BCUT2D eigenvalue weighted by molar-refractivity contribution is 5.75. The molecule has 3 rings (SSSR count). The molecule has 0 radical (unpaired) electrons. The molecule has 6 nitrogen and oxygen atoms in total. The van der Waals surface area contributed by atoms with Gasteiger partial charge in [0.15, 0.2) is 0 Å². The number of piperidine rings is 1. The van der Waals surface area contributed by atoms with Gasteiger partial charge in [-0.25, -0.2) is 4.68 Å². The molecule has 2 aromatic rings. The maximum atomic E-state index is 12.5. The maximum Gasteiger partial charge on any atom is 0.327 e. The van der Waals surface area contributed by atoms with Crippen molar-refractivity contribution >= 4 is 11.7 Å². The molecule has 0 atom stereocenters. The van der Waals surface area contributed by atoms with E-state index in [1.54, 1.807) is 13.0 Å². The summed E-state index contributed by atoms with van der Waals surface area (Å²) in [6, 6.07) is 11.4. The van der Waals surface area contributed by atoms with Crippen molar-refractivity contribution in [3.8, 4) is 11.3 Å². The van der Waals surface area contributed by atoms with Crippen molar-refractivity contribution < 1.29 is 9.53 Å². The van der Waals surface area contributed by atoms with E-state index >= 15 is 0 Å². The number of ether oxygens (including phenoxy) is 1. The molecule has 6 heteroatoms. The second-order valence-electron chi connectivity index (χ2n) is 6.09. The first-order valence-corrected chi connectivity index (χ1v) is 8.77. The molecule has 0 amide bonds. The van der Waals surface area contributed by atoms with Crippen molar-refractivity contribution in [1.29, 1.82) is 0 Å². The van der Waals surface area contributed by atoms with E-state index in [1.807, 2.05) is 30.3 Å². The van der Waals surface area contributed by atoms with Crippen LogP contribution in [0, 0.1) is 0 Å². The van der Waals surface area contributed by atoms with Gasteiger partial charge in [-0.05, 0) is 26.2 Å². The lowest BCUT2D eigenvalue weighted by Crippen LogP contribution is -2.34. The number of hydrogen-bond acceptors (Lipinski definition) is 5. The topological polar surface area (TPSA) is 64.4 Å². The van der Waals surface area contributed by atoms with Crippen LogP contribution in [-0.2, 0) is 16.1 Å². The molecular weight excluding hydrogens is 318 g/mol. The molecule has 0 aliphatic carbocycles. The minimum absolute atomic E-state index is 0.174. The van der Waals surface area contributed by atoms with Crippen LogP contribution in [0.1, 0.15) is 26.2 Å². The fourth-order valence-electron chi connectivity index (χ4n) is 3.10. The van der Waals surface area contributed by atoms with Crippen LogP contribution in [0.15, 0.2) is 41.2 Å². The quantitative estimate of drug-likeness (QED) is 0.782. The van der Waals surface area contributed by atoms with Gasteiger partial charge in [0.25, 0.3) is 5.56 Å². The van der Waals surface area contributed by atoms with Crippen LogP contribution in [0.2, 0.25) is 0 Å². The first-order valence-electron chi connectivity index (χ1n) is 8.77. The van der Waals surface area contributed by atoms with Crippen LogP contribution in [0.5, 0.6) is 0 Å². The average molecular weight is 341 g/mol. The maximum absolute atomic E-state index is 12.5. The summed E-state index contributed by atoms with van der Waals surface area (Å²) in [5, 5.41) is 4.50. The van der Waals surface area contributed by atoms with E-state index in [9.17, 15) is 9.59 Å². The van der Waals surface area contributed by atoms with Crippen LogP contribution < -0.4 is 10.5 Å². The van der Waals surface area contributed by atoms with Crippen LogP contribution in [-0.4, -0.2) is 35.4 Å². The second-order valence-corrected chi connectivity index (χ2v) is 6.09. The number of benzene rings is 1. The van der Waals surface area contributed by atoms with E-state index in [2.05, 4.69) is 10.00 Å². The zero-order chi connectivity index (χ0) is 17.6. The highest BCUT2D eigenvalue weighted by atomic mass is 16.5. The molecule has 0 unspecified atom stereocenters. The van der Waals surface area contributed by atoms with Crippen molar-refractivity contribution in [2.45, 2.75) is 32.7 Å². The van der Waals surface area contributed by atoms with Gasteiger partial charge in [-0.2, -0.15) is 5.10 Å². The molecule has 25 heavy (non-hydrogen) atoms. The van der Waals surface area contributed by atoms with Gasteiger partial charge in [-0.1, -0.05) is 30.3 Å². The van der Waals surface area contributed by atoms with Gasteiger partial charge in [0.2, 0.25) is 0 Å². The van der Waals surface area contributed by atoms with Crippen LogP contribution >= 0.6 is 0 Å². The number of nitrogens with zero attached hydrogens (tertiary/aromatic N) is 3. The van der Waals surface area contributed by atoms with Crippen LogP contribution in [0.3, 0.4) is 0 Å². The van der Waals surface area contributed by atoms with Gasteiger partial charge in [0, 0.05) is 24.7 Å². The molecular formula is C19H23N3O3. The van der Waals surface area contributed by atoms with Crippen LogP contribution in [0.25, 0.3) is 11.3 Å². The smallest absolute Gasteiger partial charge is 0.327 e. The number of esters is 1. The summed E-state index contributed by atoms with van der Waals surface area (Å²) in [7, 11) is 0. The Hall–Kier alpha value is -2.63. The van der Waals surface area contributed by atoms with Gasteiger partial charge in [0.1, 0.15) is 12.2 Å². The van der Waals surface area contributed by atoms with E-state index in [0.717, 1.165) is 42.9 Å². The number of anilines is 1. The molecule has 1 aromatic heterocycles. The fourth-order valence-corrected chi connectivity index (χ4v) is 3.10. The molecule has 1 aliphatic heterocycles. The molecule has 0 bridgehead atoms. The van der Waals surface area contributed by atoms with Gasteiger partial charge in [-0.15, -0.1) is 0 Å². The molecule has 0 saturated carbocycles. The molecule has 1 aromatic carbocycles. The summed E-state index contributed by atoms with van der Waals surface area (Å²) in [6.45, 7) is 3.69. The number of rotatable bonds is 5. The van der Waals surface area contributed by atoms with Crippen molar-refractivity contribution in [2.24, 2.45) is 0 Å². The molecule has 1 aliphatic rings. The molecule has 2 heterocycles. The third-order valence-electron chi connectivity index (χ3n) is 4.31. The van der Waals surface area contributed by atoms with E-state index in [4.69, 9.17) is 4.74 Å². The lowest BCUT2D eigenvalue weighted by molar-refractivity contribution is -0.144. The normalized spacial score (nSPS) is 14.4. The highest BCUT2D eigenvalue weighted by Crippen LogP contribution is 2.29. The molecule has 132 valence electrons. The van der Waals surface area contributed by atoms with Crippen LogP contribution in [0.4, 0.5) is 5.69 Å². The Morgan fingerprint density at radius 1 is 1.16 bits per heavy atom. The Balaban J connectivity index is 2.03. The van der Waals surface area contributed by atoms with Gasteiger partial charge in [-0.3, -0.25) is 9.59 Å². The molecule has 0 spiro atoms. The van der Waals surface area contributed by atoms with Gasteiger partial charge in [0.05, 0.1) is 12.3 Å². The Morgan fingerprint density at radius 2 is 1.88 bits per heavy atom. The summed E-state index contributed by atoms with van der Waals surface area (Å²) in [5.41, 5.74) is 2.22. The third kappa shape index (κ3) is 4.07. The van der Waals surface area contributed by atoms with E-state index in [-0.39, 0.29) is 18.7 Å². The second kappa shape index (κ2) is 7.96. The predicted molar refractivity (Wildman–Crippen MR) is 96.6 cm³/mol. The summed E-state index contributed by atoms with van der Waals surface area (Å²) in [4.78, 5) is 26.5. The summed E-state index contributed by atoms with van der Waals surface area (Å²) in [5.74, 6) is -0.457. The summed E-state index contributed by atoms with van der Waals surface area (Å²) >= 11 is 0. The summed E-state index contributed by atoms with van der Waals surface area (Å²) in [6.07, 6.45) is 3.44. The largest absolute Gasteiger partial charge is 0.465 e. The predicted octanol–water partition coefficient (Wildman–Crippen LogP) is 2.46. The van der Waals surface area contributed by atoms with E-state index in [1.165, 1.54) is 11.1 Å². The Labute approximate surface area is 147 Å². The summed E-state index contributed by atoms with van der Waals surface area (Å²) < 4.78 is 6.13. The lowest BCUT2D eigenvalue weighted by atomic mass is 10.1. The number of carbonyl (C=O) groups excluding carboxylic acids is 1. The number of carbonyl (C=O) groups is 1. The standard InChI is InChI=1S/C19H23N3O3/c1-2-25-18(24)14-22-17(23)13-16(21-11-7-4-8-12-21)19(20-22)15-9-5-3-6-10-15/h3,5-6,9-10,13H,2,4,7-8,11-12,14H2,1H3. The fraction of sp³-hybridized carbons (Fsp3) is 0.421.